The molecule has 7 N–H and O–H groups in total. The van der Waals surface area contributed by atoms with Crippen LogP contribution in [0.2, 0.25) is 0 Å². The first-order valence-electron chi connectivity index (χ1n) is 20.8. The SMILES string of the molecule is CC1CCC2(C(=O)OC3OC(CO)C(O)C(O)C3O)CCC3(C)C(=CCC4C5(C)CCC(OC6OC(C)C(O)C(O)C6O)C(C)(C)C5CCC43C)C2C1C. The van der Waals surface area contributed by atoms with Gasteiger partial charge in [0.05, 0.1) is 24.2 Å². The highest BCUT2D eigenvalue weighted by atomic mass is 16.7. The molecule has 308 valence electrons. The fourth-order valence-electron chi connectivity index (χ4n) is 13.7. The van der Waals surface area contributed by atoms with Crippen molar-refractivity contribution in [2.75, 3.05) is 6.61 Å². The first-order chi connectivity index (χ1) is 25.2. The van der Waals surface area contributed by atoms with Gasteiger partial charge in [0.25, 0.3) is 0 Å². The molecule has 0 radical (unpaired) electrons. The topological polar surface area (TPSA) is 196 Å². The highest BCUT2D eigenvalue weighted by molar-refractivity contribution is 5.79. The molecule has 54 heavy (non-hydrogen) atoms. The molecule has 7 rings (SSSR count). The van der Waals surface area contributed by atoms with Gasteiger partial charge in [-0.25, -0.2) is 0 Å². The monoisotopic (exact) mass is 764 g/mol. The molecular formula is C42H68O12. The molecule has 12 nitrogen and oxygen atoms in total. The van der Waals surface area contributed by atoms with Gasteiger partial charge in [-0.15, -0.1) is 0 Å². The molecule has 0 aromatic carbocycles. The van der Waals surface area contributed by atoms with Gasteiger partial charge in [-0.1, -0.05) is 60.1 Å². The number of fused-ring (bicyclic) bond motifs is 7. The Morgan fingerprint density at radius 1 is 0.759 bits per heavy atom. The Labute approximate surface area is 320 Å². The number of hydrogen-bond acceptors (Lipinski definition) is 12. The summed E-state index contributed by atoms with van der Waals surface area (Å²) in [5.74, 6) is 0.796. The van der Waals surface area contributed by atoms with Crippen molar-refractivity contribution in [3.05, 3.63) is 11.6 Å². The van der Waals surface area contributed by atoms with Crippen LogP contribution >= 0.6 is 0 Å². The molecule has 2 heterocycles. The van der Waals surface area contributed by atoms with Gasteiger partial charge in [-0.2, -0.15) is 0 Å². The molecule has 0 bridgehead atoms. The number of rotatable bonds is 5. The van der Waals surface area contributed by atoms with E-state index in [4.69, 9.17) is 18.9 Å². The molecule has 7 aliphatic rings. The second-order valence-electron chi connectivity index (χ2n) is 20.1. The van der Waals surface area contributed by atoms with Crippen molar-refractivity contribution < 1.29 is 59.5 Å². The molecule has 12 heteroatoms. The summed E-state index contributed by atoms with van der Waals surface area (Å²) in [6.45, 7) is 17.6. The van der Waals surface area contributed by atoms with E-state index in [9.17, 15) is 40.5 Å². The van der Waals surface area contributed by atoms with E-state index in [0.29, 0.717) is 30.6 Å². The predicted octanol–water partition coefficient (Wildman–Crippen LogP) is 3.20. The van der Waals surface area contributed by atoms with Gasteiger partial charge in [-0.05, 0) is 116 Å². The highest BCUT2D eigenvalue weighted by Gasteiger charge is 2.70. The highest BCUT2D eigenvalue weighted by Crippen LogP contribution is 2.76. The van der Waals surface area contributed by atoms with Crippen LogP contribution in [-0.2, 0) is 23.7 Å². The summed E-state index contributed by atoms with van der Waals surface area (Å²) in [5, 5.41) is 72.9. The van der Waals surface area contributed by atoms with E-state index in [1.807, 2.05) is 0 Å². The quantitative estimate of drug-likeness (QED) is 0.123. The molecule has 5 aliphatic carbocycles. The maximum Gasteiger partial charge on any atom is 0.315 e. The average molecular weight is 765 g/mol. The first kappa shape index (κ1) is 41.0. The minimum atomic E-state index is -1.65. The van der Waals surface area contributed by atoms with Gasteiger partial charge in [0.2, 0.25) is 6.29 Å². The molecule has 0 spiro atoms. The molecule has 0 aromatic rings. The predicted molar refractivity (Wildman–Crippen MR) is 196 cm³/mol. The minimum absolute atomic E-state index is 0.00150. The average Bonchev–Trinajstić information content (AvgIpc) is 3.12. The van der Waals surface area contributed by atoms with Crippen LogP contribution in [0.1, 0.15) is 113 Å². The Bertz CT molecular complexity index is 1450. The molecule has 20 atom stereocenters. The summed E-state index contributed by atoms with van der Waals surface area (Å²) in [6.07, 6.45) is -3.11. The van der Waals surface area contributed by atoms with Gasteiger partial charge >= 0.3 is 5.97 Å². The molecule has 2 saturated heterocycles. The number of aliphatic hydroxyl groups is 7. The Kier molecular flexibility index (Phi) is 10.6. The van der Waals surface area contributed by atoms with Crippen LogP contribution in [0.25, 0.3) is 0 Å². The lowest BCUT2D eigenvalue weighted by molar-refractivity contribution is -0.324. The Balaban J connectivity index is 1.17. The molecule has 2 aliphatic heterocycles. The van der Waals surface area contributed by atoms with Gasteiger partial charge in [-0.3, -0.25) is 4.79 Å². The molecule has 6 fully saturated rings. The minimum Gasteiger partial charge on any atom is -0.432 e. The van der Waals surface area contributed by atoms with E-state index in [1.54, 1.807) is 6.92 Å². The first-order valence-corrected chi connectivity index (χ1v) is 20.8. The zero-order chi connectivity index (χ0) is 39.5. The Hall–Kier alpha value is -1.19. The maximum absolute atomic E-state index is 14.6. The second-order valence-corrected chi connectivity index (χ2v) is 20.1. The number of hydrogen-bond donors (Lipinski definition) is 7. The van der Waals surface area contributed by atoms with E-state index in [-0.39, 0.29) is 39.6 Å². The van der Waals surface area contributed by atoms with Crippen molar-refractivity contribution in [2.24, 2.45) is 56.7 Å². The number of allylic oxidation sites excluding steroid dienone is 2. The van der Waals surface area contributed by atoms with E-state index in [0.717, 1.165) is 44.9 Å². The third kappa shape index (κ3) is 5.77. The smallest absolute Gasteiger partial charge is 0.315 e. The molecule has 0 aromatic heterocycles. The van der Waals surface area contributed by atoms with E-state index < -0.39 is 79.4 Å². The van der Waals surface area contributed by atoms with E-state index >= 15 is 0 Å². The molecular weight excluding hydrogens is 696 g/mol. The Morgan fingerprint density at radius 3 is 2.11 bits per heavy atom. The summed E-state index contributed by atoms with van der Waals surface area (Å²) in [5.41, 5.74) is 0.0584. The molecule has 0 amide bonds. The van der Waals surface area contributed by atoms with Gasteiger partial charge in [0, 0.05) is 0 Å². The fourth-order valence-corrected chi connectivity index (χ4v) is 13.7. The standard InChI is InChI=1S/C42H68O12/c1-20-11-16-42(37(50)54-36-34(49)32(47)30(45)24(19-43)52-36)18-17-40(7)23(28(42)21(20)2)9-10-26-39(6)14-13-27(38(4,5)25(39)12-15-41(26,40)8)53-35-33(48)31(46)29(44)22(3)51-35/h9,20-22,24-36,43-49H,10-19H2,1-8H3. The lowest BCUT2D eigenvalue weighted by Gasteiger charge is -2.71. The fraction of sp³-hybridized carbons (Fsp3) is 0.929. The maximum atomic E-state index is 14.6. The third-order valence-corrected chi connectivity index (χ3v) is 17.5. The zero-order valence-electron chi connectivity index (χ0n) is 33.6. The summed E-state index contributed by atoms with van der Waals surface area (Å²) in [6, 6.07) is 0. The largest absolute Gasteiger partial charge is 0.432 e. The Morgan fingerprint density at radius 2 is 1.43 bits per heavy atom. The van der Waals surface area contributed by atoms with Crippen molar-refractivity contribution in [1.29, 1.82) is 0 Å². The van der Waals surface area contributed by atoms with E-state index in [1.165, 1.54) is 5.57 Å². The summed E-state index contributed by atoms with van der Waals surface area (Å²) < 4.78 is 24.1. The normalized spacial score (nSPS) is 55.6. The van der Waals surface area contributed by atoms with E-state index in [2.05, 4.69) is 54.5 Å². The third-order valence-electron chi connectivity index (χ3n) is 17.5. The summed E-state index contributed by atoms with van der Waals surface area (Å²) in [7, 11) is 0. The van der Waals surface area contributed by atoms with Crippen molar-refractivity contribution in [2.45, 2.75) is 181 Å². The van der Waals surface area contributed by atoms with Gasteiger partial charge < -0.3 is 54.7 Å². The van der Waals surface area contributed by atoms with Crippen molar-refractivity contribution >= 4 is 5.97 Å². The van der Waals surface area contributed by atoms with Crippen LogP contribution in [-0.4, -0.2) is 116 Å². The van der Waals surface area contributed by atoms with Gasteiger partial charge in [0.1, 0.15) is 42.7 Å². The lowest BCUT2D eigenvalue weighted by atomic mass is 9.33. The van der Waals surface area contributed by atoms with Crippen LogP contribution in [0, 0.1) is 56.7 Å². The molecule has 20 unspecified atom stereocenters. The number of aliphatic hydroxyl groups excluding tert-OH is 7. The van der Waals surface area contributed by atoms with Crippen molar-refractivity contribution in [3.63, 3.8) is 0 Å². The summed E-state index contributed by atoms with van der Waals surface area (Å²) in [4.78, 5) is 14.6. The number of carbonyl (C=O) groups excluding carboxylic acids is 1. The van der Waals surface area contributed by atoms with Crippen LogP contribution in [0.5, 0.6) is 0 Å². The van der Waals surface area contributed by atoms with Crippen molar-refractivity contribution in [3.8, 4) is 0 Å². The zero-order valence-corrected chi connectivity index (χ0v) is 33.6. The lowest BCUT2D eigenvalue weighted by Crippen LogP contribution is -2.66. The van der Waals surface area contributed by atoms with Crippen LogP contribution in [0.3, 0.4) is 0 Å². The number of esters is 1. The van der Waals surface area contributed by atoms with Crippen LogP contribution in [0.4, 0.5) is 0 Å². The second kappa shape index (κ2) is 14.0. The molecule has 4 saturated carbocycles. The van der Waals surface area contributed by atoms with Crippen LogP contribution in [0.15, 0.2) is 11.6 Å². The number of carbonyl (C=O) groups is 1. The van der Waals surface area contributed by atoms with Crippen LogP contribution < -0.4 is 0 Å². The summed E-state index contributed by atoms with van der Waals surface area (Å²) >= 11 is 0. The van der Waals surface area contributed by atoms with Gasteiger partial charge in [0.15, 0.2) is 6.29 Å². The van der Waals surface area contributed by atoms with Crippen molar-refractivity contribution in [1.82, 2.24) is 0 Å². The number of ether oxygens (including phenoxy) is 4.